The van der Waals surface area contributed by atoms with E-state index in [0.29, 0.717) is 12.0 Å². The van der Waals surface area contributed by atoms with Gasteiger partial charge in [0, 0.05) is 31.1 Å². The molecule has 11 nitrogen and oxygen atoms in total. The molecule has 246 valence electrons. The van der Waals surface area contributed by atoms with Gasteiger partial charge in [0.25, 0.3) is 0 Å². The first kappa shape index (κ1) is 35.6. The third kappa shape index (κ3) is 10.9. The average molecular weight is 631 g/mol. The Labute approximate surface area is 270 Å². The van der Waals surface area contributed by atoms with Crippen LogP contribution in [0.2, 0.25) is 0 Å². The summed E-state index contributed by atoms with van der Waals surface area (Å²) in [6, 6.07) is 26.5. The Morgan fingerprint density at radius 1 is 0.783 bits per heavy atom. The van der Waals surface area contributed by atoms with Crippen molar-refractivity contribution in [2.45, 2.75) is 63.8 Å². The molecule has 6 amide bonds. The van der Waals surface area contributed by atoms with E-state index in [0.717, 1.165) is 11.1 Å². The van der Waals surface area contributed by atoms with Gasteiger partial charge in [0.05, 0.1) is 12.5 Å². The van der Waals surface area contributed by atoms with E-state index in [4.69, 9.17) is 11.5 Å². The van der Waals surface area contributed by atoms with E-state index in [-0.39, 0.29) is 26.1 Å². The molecule has 3 aromatic rings. The Morgan fingerprint density at radius 3 is 1.80 bits per heavy atom. The van der Waals surface area contributed by atoms with Gasteiger partial charge >= 0.3 is 12.1 Å². The fourth-order valence-corrected chi connectivity index (χ4v) is 5.34. The highest BCUT2D eigenvalue weighted by molar-refractivity contribution is 5.95. The molecule has 0 aliphatic rings. The van der Waals surface area contributed by atoms with Crippen LogP contribution in [0, 0.1) is 5.92 Å². The van der Waals surface area contributed by atoms with Crippen LogP contribution in [-0.4, -0.2) is 64.2 Å². The number of amides is 6. The monoisotopic (exact) mass is 630 g/mol. The number of primary amides is 2. The van der Waals surface area contributed by atoms with Crippen LogP contribution in [0.5, 0.6) is 0 Å². The maximum Gasteiger partial charge on any atom is 0.317 e. The zero-order valence-electron chi connectivity index (χ0n) is 26.7. The minimum absolute atomic E-state index is 0.0323. The predicted octanol–water partition coefficient (Wildman–Crippen LogP) is 2.86. The van der Waals surface area contributed by atoms with Gasteiger partial charge in [0.1, 0.15) is 5.54 Å². The van der Waals surface area contributed by atoms with Crippen molar-refractivity contribution in [2.75, 3.05) is 13.1 Å². The molecule has 46 heavy (non-hydrogen) atoms. The van der Waals surface area contributed by atoms with Crippen LogP contribution in [0.15, 0.2) is 91.0 Å². The maximum absolute atomic E-state index is 13.5. The number of urea groups is 2. The molecule has 0 aliphatic heterocycles. The summed E-state index contributed by atoms with van der Waals surface area (Å²) in [7, 11) is 0. The van der Waals surface area contributed by atoms with Crippen molar-refractivity contribution in [1.29, 1.82) is 0 Å². The topological polar surface area (TPSA) is 180 Å². The number of hydrogen-bond donors (Lipinski definition) is 6. The fourth-order valence-electron chi connectivity index (χ4n) is 5.34. The van der Waals surface area contributed by atoms with Crippen molar-refractivity contribution in [1.82, 2.24) is 20.9 Å². The highest BCUT2D eigenvalue weighted by Gasteiger charge is 2.50. The van der Waals surface area contributed by atoms with E-state index in [2.05, 4.69) is 16.0 Å². The molecule has 0 aromatic heterocycles. The van der Waals surface area contributed by atoms with Gasteiger partial charge < -0.3 is 37.4 Å². The number of carbonyl (C=O) groups excluding carboxylic acids is 4. The predicted molar refractivity (Wildman–Crippen MR) is 177 cm³/mol. The van der Waals surface area contributed by atoms with Gasteiger partial charge in [0.15, 0.2) is 0 Å². The number of nitrogens with two attached hydrogens (primary N) is 2. The summed E-state index contributed by atoms with van der Waals surface area (Å²) in [5.74, 6) is -3.11. The van der Waals surface area contributed by atoms with Gasteiger partial charge in [-0.1, -0.05) is 91.0 Å². The second kappa shape index (κ2) is 16.4. The molecule has 0 radical (unpaired) electrons. The van der Waals surface area contributed by atoms with E-state index < -0.39 is 53.4 Å². The minimum Gasteiger partial charge on any atom is -0.391 e. The number of aliphatic hydroxyl groups is 1. The molecule has 0 heterocycles. The molecular formula is C35H46N6O5. The van der Waals surface area contributed by atoms with Crippen molar-refractivity contribution >= 4 is 23.9 Å². The quantitative estimate of drug-likeness (QED) is 0.151. The Morgan fingerprint density at radius 2 is 1.30 bits per heavy atom. The largest absolute Gasteiger partial charge is 0.391 e. The Balaban J connectivity index is 2.00. The number of aliphatic hydroxyl groups excluding tert-OH is 1. The van der Waals surface area contributed by atoms with Crippen LogP contribution in [0.25, 0.3) is 0 Å². The lowest BCUT2D eigenvalue weighted by atomic mass is 9.73. The molecule has 11 heteroatoms. The third-order valence-corrected chi connectivity index (χ3v) is 7.61. The van der Waals surface area contributed by atoms with Gasteiger partial charge in [-0.2, -0.15) is 0 Å². The summed E-state index contributed by atoms with van der Waals surface area (Å²) in [4.78, 5) is 54.2. The average Bonchev–Trinajstić information content (AvgIpc) is 3.00. The molecule has 0 saturated carbocycles. The van der Waals surface area contributed by atoms with Crippen LogP contribution in [0.4, 0.5) is 9.59 Å². The summed E-state index contributed by atoms with van der Waals surface area (Å²) in [6.45, 7) is 5.68. The van der Waals surface area contributed by atoms with Crippen LogP contribution in [0.1, 0.15) is 43.9 Å². The van der Waals surface area contributed by atoms with Crippen molar-refractivity contribution in [2.24, 2.45) is 17.4 Å². The molecule has 0 spiro atoms. The van der Waals surface area contributed by atoms with Crippen LogP contribution in [-0.2, 0) is 29.0 Å². The van der Waals surface area contributed by atoms with Gasteiger partial charge in [-0.3, -0.25) is 9.59 Å². The first-order valence-electron chi connectivity index (χ1n) is 15.3. The summed E-state index contributed by atoms with van der Waals surface area (Å²) < 4.78 is 0. The highest BCUT2D eigenvalue weighted by atomic mass is 16.3. The molecule has 3 aromatic carbocycles. The van der Waals surface area contributed by atoms with Gasteiger partial charge in [0.2, 0.25) is 11.8 Å². The standard InChI is InChI=1S/C35H46N6O5/c1-34(2,3)40-33(46)41(20-19-25-13-7-4-8-14-25)24-29(42)28(21-26-15-9-5-10-16-26)35(31(37)44,22-30(36)43)39-32(45)38-23-27-17-11-6-12-18-27/h4-18,28-29,42H,19-24H2,1-3H3,(H2,36,43)(H2,37,44)(H,40,46)(H2,38,39,45). The van der Waals surface area contributed by atoms with E-state index >= 15 is 0 Å². The number of benzene rings is 3. The molecule has 3 unspecified atom stereocenters. The van der Waals surface area contributed by atoms with Crippen LogP contribution >= 0.6 is 0 Å². The van der Waals surface area contributed by atoms with E-state index in [1.807, 2.05) is 87.5 Å². The molecule has 3 rings (SSSR count). The van der Waals surface area contributed by atoms with Gasteiger partial charge in [-0.15, -0.1) is 0 Å². The first-order chi connectivity index (χ1) is 21.8. The van der Waals surface area contributed by atoms with E-state index in [9.17, 15) is 24.3 Å². The SMILES string of the molecule is CC(C)(C)NC(=O)N(CCc1ccccc1)CC(O)C(Cc1ccccc1)C(CC(N)=O)(NC(=O)NCc1ccccc1)C(N)=O. The Bertz CT molecular complexity index is 1430. The Kier molecular flexibility index (Phi) is 12.7. The van der Waals surface area contributed by atoms with Crippen molar-refractivity contribution < 1.29 is 24.3 Å². The van der Waals surface area contributed by atoms with Gasteiger partial charge in [-0.05, 0) is 50.3 Å². The van der Waals surface area contributed by atoms with Crippen molar-refractivity contribution in [3.05, 3.63) is 108 Å². The number of nitrogens with zero attached hydrogens (tertiary/aromatic N) is 1. The summed E-state index contributed by atoms with van der Waals surface area (Å²) >= 11 is 0. The second-order valence-corrected chi connectivity index (χ2v) is 12.5. The third-order valence-electron chi connectivity index (χ3n) is 7.61. The van der Waals surface area contributed by atoms with Crippen LogP contribution < -0.4 is 27.4 Å². The highest BCUT2D eigenvalue weighted by Crippen LogP contribution is 2.30. The molecule has 0 saturated heterocycles. The summed E-state index contributed by atoms with van der Waals surface area (Å²) in [5.41, 5.74) is 11.5. The van der Waals surface area contributed by atoms with Crippen molar-refractivity contribution in [3.8, 4) is 0 Å². The lowest BCUT2D eigenvalue weighted by Crippen LogP contribution is -2.68. The summed E-state index contributed by atoms with van der Waals surface area (Å²) in [6.07, 6.45) is -1.57. The lowest BCUT2D eigenvalue weighted by Gasteiger charge is -2.42. The fraction of sp³-hybridized carbons (Fsp3) is 0.371. The lowest BCUT2D eigenvalue weighted by molar-refractivity contribution is -0.134. The van der Waals surface area contributed by atoms with E-state index in [1.54, 1.807) is 24.3 Å². The van der Waals surface area contributed by atoms with Crippen LogP contribution in [0.3, 0.4) is 0 Å². The number of rotatable bonds is 15. The number of carbonyl (C=O) groups is 4. The molecule has 3 atom stereocenters. The number of nitrogens with one attached hydrogen (secondary N) is 3. The van der Waals surface area contributed by atoms with Gasteiger partial charge in [-0.25, -0.2) is 9.59 Å². The first-order valence-corrected chi connectivity index (χ1v) is 15.3. The molecule has 0 fully saturated rings. The summed E-state index contributed by atoms with van der Waals surface area (Å²) in [5, 5.41) is 20.2. The minimum atomic E-state index is -2.10. The van der Waals surface area contributed by atoms with E-state index in [1.165, 1.54) is 4.90 Å². The molecular weight excluding hydrogens is 584 g/mol. The maximum atomic E-state index is 13.5. The molecule has 0 bridgehead atoms. The Hall–Kier alpha value is -4.90. The zero-order valence-corrected chi connectivity index (χ0v) is 26.7. The normalized spacial score (nSPS) is 13.8. The zero-order chi connectivity index (χ0) is 33.7. The molecule has 8 N–H and O–H groups in total. The van der Waals surface area contributed by atoms with Crippen molar-refractivity contribution in [3.63, 3.8) is 0 Å². The smallest absolute Gasteiger partial charge is 0.317 e. The number of hydrogen-bond acceptors (Lipinski definition) is 5. The molecule has 0 aliphatic carbocycles. The second-order valence-electron chi connectivity index (χ2n) is 12.5.